The Morgan fingerprint density at radius 1 is 1.17 bits per heavy atom. The largest absolute Gasteiger partial charge is 0.309 e. The topological polar surface area (TPSA) is 24.9 Å². The molecule has 0 bridgehead atoms. The van der Waals surface area contributed by atoms with Crippen molar-refractivity contribution >= 4 is 21.4 Å². The van der Waals surface area contributed by atoms with Gasteiger partial charge in [0.25, 0.3) is 0 Å². The number of hydrogen-bond acceptors (Lipinski definition) is 3. The second kappa shape index (κ2) is 4.88. The number of thiophene rings is 1. The molecule has 0 radical (unpaired) electrons. The number of benzene rings is 1. The average Bonchev–Trinajstić information content (AvgIpc) is 2.85. The van der Waals surface area contributed by atoms with Gasteiger partial charge in [-0.05, 0) is 41.1 Å². The number of aromatic nitrogens is 1. The van der Waals surface area contributed by atoms with Crippen LogP contribution in [0.4, 0.5) is 0 Å². The molecule has 1 N–H and O–H groups in total. The zero-order chi connectivity index (χ0) is 12.4. The summed E-state index contributed by atoms with van der Waals surface area (Å²) in [5.41, 5.74) is 2.52. The minimum Gasteiger partial charge on any atom is -0.309 e. The van der Waals surface area contributed by atoms with Gasteiger partial charge in [0, 0.05) is 17.1 Å². The standard InChI is InChI=1S/C15H14N2S/c1-16-15(11-5-4-8-17-9-11)13-10-18-14-7-3-2-6-12(13)14/h2-10,15-16H,1H3. The van der Waals surface area contributed by atoms with Crippen molar-refractivity contribution < 1.29 is 0 Å². The fourth-order valence-electron chi connectivity index (χ4n) is 2.27. The van der Waals surface area contributed by atoms with Gasteiger partial charge in [0.15, 0.2) is 0 Å². The maximum atomic E-state index is 4.21. The summed E-state index contributed by atoms with van der Waals surface area (Å²) in [5.74, 6) is 0. The van der Waals surface area contributed by atoms with E-state index in [1.54, 1.807) is 11.3 Å². The summed E-state index contributed by atoms with van der Waals surface area (Å²) in [5, 5.41) is 6.94. The van der Waals surface area contributed by atoms with Crippen LogP contribution in [-0.4, -0.2) is 12.0 Å². The Kier molecular flexibility index (Phi) is 3.09. The van der Waals surface area contributed by atoms with Crippen molar-refractivity contribution in [2.45, 2.75) is 6.04 Å². The predicted octanol–water partition coefficient (Wildman–Crippen LogP) is 3.61. The number of hydrogen-bond donors (Lipinski definition) is 1. The molecule has 0 fully saturated rings. The van der Waals surface area contributed by atoms with E-state index in [4.69, 9.17) is 0 Å². The molecule has 0 aliphatic heterocycles. The molecule has 1 unspecified atom stereocenters. The van der Waals surface area contributed by atoms with Crippen LogP contribution in [0.3, 0.4) is 0 Å². The van der Waals surface area contributed by atoms with E-state index in [0.717, 1.165) is 0 Å². The van der Waals surface area contributed by atoms with Gasteiger partial charge in [0.05, 0.1) is 6.04 Å². The van der Waals surface area contributed by atoms with Crippen molar-refractivity contribution in [3.63, 3.8) is 0 Å². The minimum atomic E-state index is 0.204. The van der Waals surface area contributed by atoms with Crippen molar-refractivity contribution in [3.05, 3.63) is 65.3 Å². The highest BCUT2D eigenvalue weighted by Crippen LogP contribution is 2.32. The highest BCUT2D eigenvalue weighted by Gasteiger charge is 2.15. The van der Waals surface area contributed by atoms with Gasteiger partial charge in [-0.1, -0.05) is 24.3 Å². The molecule has 2 heterocycles. The summed E-state index contributed by atoms with van der Waals surface area (Å²) >= 11 is 1.79. The molecule has 2 nitrogen and oxygen atoms in total. The fourth-order valence-corrected chi connectivity index (χ4v) is 3.26. The van der Waals surface area contributed by atoms with Crippen LogP contribution >= 0.6 is 11.3 Å². The van der Waals surface area contributed by atoms with E-state index in [-0.39, 0.29) is 6.04 Å². The molecule has 3 rings (SSSR count). The Hall–Kier alpha value is -1.71. The molecule has 3 aromatic rings. The number of pyridine rings is 1. The van der Waals surface area contributed by atoms with Crippen molar-refractivity contribution in [3.8, 4) is 0 Å². The quantitative estimate of drug-likeness (QED) is 0.772. The summed E-state index contributed by atoms with van der Waals surface area (Å²) in [4.78, 5) is 4.21. The Morgan fingerprint density at radius 2 is 2.06 bits per heavy atom. The van der Waals surface area contributed by atoms with Gasteiger partial charge in [-0.2, -0.15) is 0 Å². The van der Waals surface area contributed by atoms with Crippen LogP contribution in [0.25, 0.3) is 10.1 Å². The highest BCUT2D eigenvalue weighted by molar-refractivity contribution is 7.17. The number of nitrogens with zero attached hydrogens (tertiary/aromatic N) is 1. The van der Waals surface area contributed by atoms with E-state index in [1.807, 2.05) is 25.5 Å². The molecule has 18 heavy (non-hydrogen) atoms. The van der Waals surface area contributed by atoms with Crippen LogP contribution in [0.2, 0.25) is 0 Å². The summed E-state index contributed by atoms with van der Waals surface area (Å²) in [6.45, 7) is 0. The van der Waals surface area contributed by atoms with Crippen molar-refractivity contribution in [1.82, 2.24) is 10.3 Å². The Morgan fingerprint density at radius 3 is 2.83 bits per heavy atom. The molecule has 3 heteroatoms. The van der Waals surface area contributed by atoms with Gasteiger partial charge in [-0.3, -0.25) is 4.98 Å². The normalized spacial score (nSPS) is 12.7. The van der Waals surface area contributed by atoms with Gasteiger partial charge in [0.1, 0.15) is 0 Å². The molecule has 0 spiro atoms. The first-order valence-electron chi connectivity index (χ1n) is 5.93. The van der Waals surface area contributed by atoms with Gasteiger partial charge in [-0.25, -0.2) is 0 Å². The second-order valence-corrected chi connectivity index (χ2v) is 5.11. The minimum absolute atomic E-state index is 0.204. The summed E-state index contributed by atoms with van der Waals surface area (Å²) in [6, 6.07) is 12.8. The molecule has 0 aliphatic rings. The summed E-state index contributed by atoms with van der Waals surface area (Å²) in [7, 11) is 1.99. The predicted molar refractivity (Wildman–Crippen MR) is 77.0 cm³/mol. The Labute approximate surface area is 110 Å². The maximum absolute atomic E-state index is 4.21. The lowest BCUT2D eigenvalue weighted by atomic mass is 10.00. The molecule has 2 aromatic heterocycles. The molecule has 90 valence electrons. The summed E-state index contributed by atoms with van der Waals surface area (Å²) in [6.07, 6.45) is 3.73. The van der Waals surface area contributed by atoms with Gasteiger partial charge in [-0.15, -0.1) is 11.3 Å². The van der Waals surface area contributed by atoms with Crippen molar-refractivity contribution in [2.75, 3.05) is 7.05 Å². The first-order chi connectivity index (χ1) is 8.90. The monoisotopic (exact) mass is 254 g/mol. The molecule has 0 aliphatic carbocycles. The molecule has 0 saturated carbocycles. The third-order valence-corrected chi connectivity index (χ3v) is 4.11. The van der Waals surface area contributed by atoms with Gasteiger partial charge >= 0.3 is 0 Å². The van der Waals surface area contributed by atoms with E-state index >= 15 is 0 Å². The van der Waals surface area contributed by atoms with E-state index in [1.165, 1.54) is 21.2 Å². The van der Waals surface area contributed by atoms with Gasteiger partial charge in [0.2, 0.25) is 0 Å². The third kappa shape index (κ3) is 1.92. The average molecular weight is 254 g/mol. The highest BCUT2D eigenvalue weighted by atomic mass is 32.1. The van der Waals surface area contributed by atoms with E-state index in [0.29, 0.717) is 0 Å². The fraction of sp³-hybridized carbons (Fsp3) is 0.133. The lowest BCUT2D eigenvalue weighted by Crippen LogP contribution is -2.17. The van der Waals surface area contributed by atoms with Crippen LogP contribution in [0.15, 0.2) is 54.2 Å². The number of fused-ring (bicyclic) bond motifs is 1. The lowest BCUT2D eigenvalue weighted by Gasteiger charge is -2.15. The van der Waals surface area contributed by atoms with E-state index < -0.39 is 0 Å². The smallest absolute Gasteiger partial charge is 0.0603 e. The maximum Gasteiger partial charge on any atom is 0.0603 e. The van der Waals surface area contributed by atoms with Crippen LogP contribution in [0, 0.1) is 0 Å². The number of rotatable bonds is 3. The van der Waals surface area contributed by atoms with Crippen LogP contribution < -0.4 is 5.32 Å². The van der Waals surface area contributed by atoms with Crippen molar-refractivity contribution in [2.24, 2.45) is 0 Å². The molecule has 0 saturated heterocycles. The number of nitrogens with one attached hydrogen (secondary N) is 1. The molecular weight excluding hydrogens is 240 g/mol. The lowest BCUT2D eigenvalue weighted by molar-refractivity contribution is 0.695. The van der Waals surface area contributed by atoms with E-state index in [2.05, 4.69) is 46.0 Å². The molecule has 0 amide bonds. The Bertz CT molecular complexity index is 646. The first kappa shape index (κ1) is 11.4. The van der Waals surface area contributed by atoms with Crippen LogP contribution in [0.5, 0.6) is 0 Å². The van der Waals surface area contributed by atoms with Crippen LogP contribution in [-0.2, 0) is 0 Å². The van der Waals surface area contributed by atoms with Crippen LogP contribution in [0.1, 0.15) is 17.2 Å². The third-order valence-electron chi connectivity index (χ3n) is 3.13. The summed E-state index contributed by atoms with van der Waals surface area (Å²) < 4.78 is 1.33. The molecule has 1 aromatic carbocycles. The zero-order valence-corrected chi connectivity index (χ0v) is 10.9. The SMILES string of the molecule is CNC(c1cccnc1)c1csc2ccccc12. The Balaban J connectivity index is 2.12. The first-order valence-corrected chi connectivity index (χ1v) is 6.81. The molecular formula is C15H14N2S. The zero-order valence-electron chi connectivity index (χ0n) is 10.1. The van der Waals surface area contributed by atoms with Crippen molar-refractivity contribution in [1.29, 1.82) is 0 Å². The van der Waals surface area contributed by atoms with Gasteiger partial charge < -0.3 is 5.32 Å². The van der Waals surface area contributed by atoms with E-state index in [9.17, 15) is 0 Å². The second-order valence-electron chi connectivity index (χ2n) is 4.20. The molecule has 1 atom stereocenters.